The molecular weight excluding hydrogens is 316 g/mol. The molecule has 0 saturated carbocycles. The molecule has 0 aliphatic rings. The predicted octanol–water partition coefficient (Wildman–Crippen LogP) is 6.01. The quantitative estimate of drug-likeness (QED) is 0.218. The van der Waals surface area contributed by atoms with Crippen molar-refractivity contribution in [3.63, 3.8) is 0 Å². The van der Waals surface area contributed by atoms with Crippen LogP contribution in [-0.4, -0.2) is 17.4 Å². The lowest BCUT2D eigenvalue weighted by Crippen LogP contribution is -2.07. The van der Waals surface area contributed by atoms with Crippen LogP contribution < -0.4 is 0 Å². The lowest BCUT2D eigenvalue weighted by atomic mass is 10.1. The molecular formula is C17H33BrO2. The smallest absolute Gasteiger partial charge is 0.305 e. The van der Waals surface area contributed by atoms with Crippen molar-refractivity contribution in [2.24, 2.45) is 0 Å². The van der Waals surface area contributed by atoms with E-state index in [1.807, 2.05) is 0 Å². The Kier molecular flexibility index (Phi) is 15.3. The zero-order valence-corrected chi connectivity index (χ0v) is 15.1. The van der Waals surface area contributed by atoms with Gasteiger partial charge in [0.15, 0.2) is 0 Å². The van der Waals surface area contributed by atoms with Gasteiger partial charge in [0.05, 0.1) is 6.61 Å². The maximum absolute atomic E-state index is 11.5. The van der Waals surface area contributed by atoms with Gasteiger partial charge in [0.25, 0.3) is 0 Å². The van der Waals surface area contributed by atoms with E-state index in [0.717, 1.165) is 19.3 Å². The maximum Gasteiger partial charge on any atom is 0.305 e. The Morgan fingerprint density at radius 1 is 0.900 bits per heavy atom. The minimum atomic E-state index is -0.0211. The molecule has 20 heavy (non-hydrogen) atoms. The summed E-state index contributed by atoms with van der Waals surface area (Å²) in [6, 6.07) is 0. The topological polar surface area (TPSA) is 26.3 Å². The van der Waals surface area contributed by atoms with E-state index in [1.165, 1.54) is 51.4 Å². The van der Waals surface area contributed by atoms with Crippen LogP contribution in [-0.2, 0) is 9.53 Å². The number of esters is 1. The summed E-state index contributed by atoms with van der Waals surface area (Å²) in [7, 11) is 0. The monoisotopic (exact) mass is 348 g/mol. The molecule has 2 nitrogen and oxygen atoms in total. The number of hydrogen-bond donors (Lipinski definition) is 0. The van der Waals surface area contributed by atoms with Crippen LogP contribution in [0.5, 0.6) is 0 Å². The first-order chi connectivity index (χ1) is 9.70. The molecule has 0 rings (SSSR count). The second-order valence-electron chi connectivity index (χ2n) is 5.62. The van der Waals surface area contributed by atoms with Crippen molar-refractivity contribution in [3.8, 4) is 0 Å². The minimum absolute atomic E-state index is 0.0211. The summed E-state index contributed by atoms with van der Waals surface area (Å²) < 4.78 is 5.26. The molecule has 1 unspecified atom stereocenters. The van der Waals surface area contributed by atoms with E-state index in [9.17, 15) is 4.79 Å². The Morgan fingerprint density at radius 2 is 1.55 bits per heavy atom. The van der Waals surface area contributed by atoms with Gasteiger partial charge in [-0.25, -0.2) is 0 Å². The van der Waals surface area contributed by atoms with E-state index in [-0.39, 0.29) is 5.97 Å². The second-order valence-corrected chi connectivity index (χ2v) is 6.91. The van der Waals surface area contributed by atoms with Crippen LogP contribution >= 0.6 is 15.9 Å². The third-order valence-corrected chi connectivity index (χ3v) is 4.43. The Labute approximate surface area is 134 Å². The summed E-state index contributed by atoms with van der Waals surface area (Å²) >= 11 is 3.63. The third-order valence-electron chi connectivity index (χ3n) is 3.51. The second kappa shape index (κ2) is 15.3. The lowest BCUT2D eigenvalue weighted by Gasteiger charge is -2.08. The van der Waals surface area contributed by atoms with Crippen LogP contribution in [0.2, 0.25) is 0 Å². The fourth-order valence-electron chi connectivity index (χ4n) is 2.24. The van der Waals surface area contributed by atoms with E-state index in [2.05, 4.69) is 29.8 Å². The molecule has 0 N–H and O–H groups in total. The Bertz CT molecular complexity index is 219. The van der Waals surface area contributed by atoms with Crippen molar-refractivity contribution in [3.05, 3.63) is 0 Å². The molecule has 0 aromatic rings. The molecule has 120 valence electrons. The highest BCUT2D eigenvalue weighted by atomic mass is 79.9. The molecule has 1 atom stereocenters. The maximum atomic E-state index is 11.5. The molecule has 0 saturated heterocycles. The highest BCUT2D eigenvalue weighted by molar-refractivity contribution is 9.09. The SMILES string of the molecule is CCCCCCCCCOC(=O)CCCC(Br)CCC. The van der Waals surface area contributed by atoms with Crippen LogP contribution in [0.15, 0.2) is 0 Å². The fourth-order valence-corrected chi connectivity index (χ4v) is 3.02. The average Bonchev–Trinajstić information content (AvgIpc) is 2.42. The zero-order valence-electron chi connectivity index (χ0n) is 13.5. The standard InChI is InChI=1S/C17H33BrO2/c1-3-5-6-7-8-9-10-15-20-17(19)14-11-13-16(18)12-4-2/h16H,3-15H2,1-2H3. The molecule has 0 heterocycles. The van der Waals surface area contributed by atoms with Gasteiger partial charge in [-0.2, -0.15) is 0 Å². The van der Waals surface area contributed by atoms with E-state index in [1.54, 1.807) is 0 Å². The summed E-state index contributed by atoms with van der Waals surface area (Å²) in [6.07, 6.45) is 13.8. The van der Waals surface area contributed by atoms with Crippen molar-refractivity contribution < 1.29 is 9.53 Å². The molecule has 0 aliphatic heterocycles. The molecule has 0 amide bonds. The Morgan fingerprint density at radius 3 is 2.20 bits per heavy atom. The van der Waals surface area contributed by atoms with Gasteiger partial charge in [-0.1, -0.05) is 74.7 Å². The van der Waals surface area contributed by atoms with Crippen LogP contribution in [0.1, 0.15) is 90.9 Å². The molecule has 0 aromatic heterocycles. The van der Waals surface area contributed by atoms with Crippen molar-refractivity contribution in [1.29, 1.82) is 0 Å². The first-order valence-electron chi connectivity index (χ1n) is 8.50. The molecule has 0 bridgehead atoms. The van der Waals surface area contributed by atoms with Crippen molar-refractivity contribution in [1.82, 2.24) is 0 Å². The number of alkyl halides is 1. The Hall–Kier alpha value is -0.0500. The average molecular weight is 349 g/mol. The lowest BCUT2D eigenvalue weighted by molar-refractivity contribution is -0.143. The van der Waals surface area contributed by atoms with Gasteiger partial charge in [0.2, 0.25) is 0 Å². The first-order valence-corrected chi connectivity index (χ1v) is 9.42. The zero-order chi connectivity index (χ0) is 15.1. The van der Waals surface area contributed by atoms with Gasteiger partial charge in [0, 0.05) is 11.2 Å². The predicted molar refractivity (Wildman–Crippen MR) is 90.4 cm³/mol. The van der Waals surface area contributed by atoms with E-state index in [0.29, 0.717) is 17.9 Å². The molecule has 0 spiro atoms. The molecule has 0 aromatic carbocycles. The number of carbonyl (C=O) groups is 1. The number of rotatable bonds is 14. The van der Waals surface area contributed by atoms with Gasteiger partial charge < -0.3 is 4.74 Å². The number of ether oxygens (including phenoxy) is 1. The Balaban J connectivity index is 3.24. The van der Waals surface area contributed by atoms with Gasteiger partial charge in [-0.15, -0.1) is 0 Å². The summed E-state index contributed by atoms with van der Waals surface area (Å²) in [5.41, 5.74) is 0. The first kappa shape index (κ1) is 19.9. The van der Waals surface area contributed by atoms with E-state index in [4.69, 9.17) is 4.74 Å². The third kappa shape index (κ3) is 14.4. The van der Waals surface area contributed by atoms with Gasteiger partial charge in [-0.05, 0) is 25.7 Å². The van der Waals surface area contributed by atoms with E-state index >= 15 is 0 Å². The van der Waals surface area contributed by atoms with Gasteiger partial charge >= 0.3 is 5.97 Å². The normalized spacial score (nSPS) is 12.3. The number of halogens is 1. The highest BCUT2D eigenvalue weighted by Gasteiger charge is 2.06. The van der Waals surface area contributed by atoms with Gasteiger partial charge in [0.1, 0.15) is 0 Å². The number of unbranched alkanes of at least 4 members (excludes halogenated alkanes) is 6. The summed E-state index contributed by atoms with van der Waals surface area (Å²) in [6.45, 7) is 5.03. The van der Waals surface area contributed by atoms with Crippen molar-refractivity contribution in [2.45, 2.75) is 95.7 Å². The molecule has 0 fully saturated rings. The largest absolute Gasteiger partial charge is 0.466 e. The van der Waals surface area contributed by atoms with Crippen LogP contribution in [0.25, 0.3) is 0 Å². The minimum Gasteiger partial charge on any atom is -0.466 e. The van der Waals surface area contributed by atoms with Crippen LogP contribution in [0.3, 0.4) is 0 Å². The van der Waals surface area contributed by atoms with E-state index < -0.39 is 0 Å². The summed E-state index contributed by atoms with van der Waals surface area (Å²) in [4.78, 5) is 12.1. The number of hydrogen-bond acceptors (Lipinski definition) is 2. The fraction of sp³-hybridized carbons (Fsp3) is 0.941. The van der Waals surface area contributed by atoms with Crippen molar-refractivity contribution in [2.75, 3.05) is 6.61 Å². The molecule has 0 aliphatic carbocycles. The number of carbonyl (C=O) groups excluding carboxylic acids is 1. The molecule has 3 heteroatoms. The molecule has 0 radical (unpaired) electrons. The van der Waals surface area contributed by atoms with Crippen molar-refractivity contribution >= 4 is 21.9 Å². The van der Waals surface area contributed by atoms with Crippen LogP contribution in [0.4, 0.5) is 0 Å². The summed E-state index contributed by atoms with van der Waals surface area (Å²) in [5.74, 6) is -0.0211. The van der Waals surface area contributed by atoms with Gasteiger partial charge in [-0.3, -0.25) is 4.79 Å². The summed E-state index contributed by atoms with van der Waals surface area (Å²) in [5, 5.41) is 0. The highest BCUT2D eigenvalue weighted by Crippen LogP contribution is 2.15. The van der Waals surface area contributed by atoms with Crippen LogP contribution in [0, 0.1) is 0 Å².